The van der Waals surface area contributed by atoms with Crippen molar-refractivity contribution in [2.75, 3.05) is 7.11 Å². The average molecular weight is 441 g/mol. The van der Waals surface area contributed by atoms with Crippen LogP contribution in [0.15, 0.2) is 89.1 Å². The molecule has 0 spiro atoms. The van der Waals surface area contributed by atoms with Crippen molar-refractivity contribution < 1.29 is 28.8 Å². The number of nitrogens with zero attached hydrogens (tertiary/aromatic N) is 2. The lowest BCUT2D eigenvalue weighted by Gasteiger charge is -2.27. The fraction of sp³-hybridized carbons (Fsp3) is 0.120. The molecule has 3 aromatic heterocycles. The van der Waals surface area contributed by atoms with Crippen molar-refractivity contribution in [3.05, 3.63) is 102 Å². The average Bonchev–Trinajstić information content (AvgIpc) is 3.40. The number of nitrogens with one attached hydrogen (secondary N) is 1. The summed E-state index contributed by atoms with van der Waals surface area (Å²) >= 11 is 0. The maximum atomic E-state index is 13.6. The minimum absolute atomic E-state index is 0.0281. The Morgan fingerprint density at radius 2 is 2.03 bits per heavy atom. The zero-order valence-electron chi connectivity index (χ0n) is 17.6. The third-order valence-corrected chi connectivity index (χ3v) is 5.63. The van der Waals surface area contributed by atoms with Gasteiger partial charge in [0.2, 0.25) is 11.7 Å². The number of para-hydroxylation sites is 1. The van der Waals surface area contributed by atoms with Crippen molar-refractivity contribution >= 4 is 22.7 Å². The zero-order chi connectivity index (χ0) is 22.9. The number of methoxy groups -OCH3 is 1. The summed E-state index contributed by atoms with van der Waals surface area (Å²) in [5, 5.41) is 13.8. The molecule has 33 heavy (non-hydrogen) atoms. The van der Waals surface area contributed by atoms with Gasteiger partial charge in [0.15, 0.2) is 29.5 Å². The molecule has 0 radical (unpaired) electrons. The van der Waals surface area contributed by atoms with E-state index in [-0.39, 0.29) is 17.9 Å². The Bertz CT molecular complexity index is 1380. The fourth-order valence-electron chi connectivity index (χ4n) is 4.09. The van der Waals surface area contributed by atoms with Gasteiger partial charge in [-0.15, -0.1) is 0 Å². The zero-order valence-corrected chi connectivity index (χ0v) is 17.6. The van der Waals surface area contributed by atoms with Crippen molar-refractivity contribution in [2.24, 2.45) is 0 Å². The van der Waals surface area contributed by atoms with E-state index in [1.165, 1.54) is 12.0 Å². The Kier molecular flexibility index (Phi) is 5.10. The molecular weight excluding hydrogens is 422 g/mol. The molecule has 4 aromatic rings. The number of carbonyl (C=O) groups is 2. The van der Waals surface area contributed by atoms with Crippen molar-refractivity contribution in [2.45, 2.75) is 12.6 Å². The van der Waals surface area contributed by atoms with Crippen LogP contribution < -0.4 is 14.8 Å². The number of aromatic amines is 1. The third-order valence-electron chi connectivity index (χ3n) is 5.63. The summed E-state index contributed by atoms with van der Waals surface area (Å²) in [4.78, 5) is 35.0. The van der Waals surface area contributed by atoms with Crippen LogP contribution >= 0.6 is 0 Å². The van der Waals surface area contributed by atoms with E-state index in [9.17, 15) is 14.7 Å². The van der Waals surface area contributed by atoms with E-state index in [0.29, 0.717) is 22.3 Å². The lowest BCUT2D eigenvalue weighted by Crippen LogP contribution is -2.32. The number of amides is 1. The fourth-order valence-corrected chi connectivity index (χ4v) is 4.09. The summed E-state index contributed by atoms with van der Waals surface area (Å²) in [6.07, 6.45) is 6.61. The molecule has 1 aliphatic heterocycles. The van der Waals surface area contributed by atoms with E-state index in [0.717, 1.165) is 5.56 Å². The van der Waals surface area contributed by atoms with E-state index in [1.54, 1.807) is 67.3 Å². The van der Waals surface area contributed by atoms with Crippen LogP contribution in [-0.2, 0) is 11.3 Å². The molecule has 5 rings (SSSR count). The summed E-state index contributed by atoms with van der Waals surface area (Å²) in [5.74, 6) is -1.76. The summed E-state index contributed by atoms with van der Waals surface area (Å²) in [6, 6.07) is 13.0. The van der Waals surface area contributed by atoms with Gasteiger partial charge < -0.3 is 19.2 Å². The lowest BCUT2D eigenvalue weighted by atomic mass is 9.95. The van der Waals surface area contributed by atoms with Gasteiger partial charge >= 0.3 is 0 Å². The van der Waals surface area contributed by atoms with Gasteiger partial charge in [-0.25, -0.2) is 4.98 Å². The molecular formula is C25H19N3O5. The van der Waals surface area contributed by atoms with E-state index in [4.69, 9.17) is 9.15 Å². The van der Waals surface area contributed by atoms with Gasteiger partial charge in [-0.3, -0.25) is 14.6 Å². The summed E-state index contributed by atoms with van der Waals surface area (Å²) in [6.45, 7) is 0.152. The predicted molar refractivity (Wildman–Crippen MR) is 115 cm³/mol. The topological polar surface area (TPSA) is 110 Å². The first kappa shape index (κ1) is 20.4. The quantitative estimate of drug-likeness (QED) is 0.425. The first-order valence-corrected chi connectivity index (χ1v) is 10.3. The highest BCUT2D eigenvalue weighted by Crippen LogP contribution is 2.40. The van der Waals surface area contributed by atoms with Gasteiger partial charge in [0.05, 0.1) is 19.7 Å². The van der Waals surface area contributed by atoms with Crippen LogP contribution in [0.1, 0.15) is 27.7 Å². The van der Waals surface area contributed by atoms with Gasteiger partial charge in [0.1, 0.15) is 0 Å². The van der Waals surface area contributed by atoms with Gasteiger partial charge in [-0.1, -0.05) is 12.1 Å². The number of aromatic nitrogens is 2. The number of Topliss-reactive ketones (excluding diaryl/α,β-unsaturated/α-hetero) is 1. The minimum atomic E-state index is -0.865. The predicted octanol–water partition coefficient (Wildman–Crippen LogP) is 2.23. The Morgan fingerprint density at radius 1 is 1.21 bits per heavy atom. The number of rotatable bonds is 6. The van der Waals surface area contributed by atoms with Crippen LogP contribution in [0.3, 0.4) is 0 Å². The summed E-state index contributed by atoms with van der Waals surface area (Å²) in [7, 11) is 1.51. The van der Waals surface area contributed by atoms with Crippen LogP contribution in [0.5, 0.6) is 5.75 Å². The monoisotopic (exact) mass is 441 g/mol. The molecule has 1 aliphatic rings. The van der Waals surface area contributed by atoms with Crippen LogP contribution in [0.25, 0.3) is 11.0 Å². The van der Waals surface area contributed by atoms with Crippen LogP contribution in [0, 0.1) is 0 Å². The third kappa shape index (κ3) is 3.51. The molecule has 8 heteroatoms. The number of carbonyl (C=O) groups excluding carboxylic acids is 2. The number of furan rings is 1. The lowest BCUT2D eigenvalue weighted by molar-refractivity contribution is -0.378. The van der Waals surface area contributed by atoms with E-state index in [2.05, 4.69) is 9.97 Å². The number of ketones is 1. The normalized spacial score (nSPS) is 16.0. The number of H-pyrrole nitrogens is 1. The first-order valence-electron chi connectivity index (χ1n) is 10.3. The largest absolute Gasteiger partial charge is 0.868 e. The molecule has 164 valence electrons. The maximum Gasteiger partial charge on any atom is 0.240 e. The van der Waals surface area contributed by atoms with Gasteiger partial charge in [-0.05, 0) is 41.7 Å². The molecule has 1 unspecified atom stereocenters. The van der Waals surface area contributed by atoms with Crippen LogP contribution in [-0.4, -0.2) is 28.7 Å². The van der Waals surface area contributed by atoms with Crippen molar-refractivity contribution in [3.8, 4) is 5.75 Å². The molecule has 1 atom stereocenters. The van der Waals surface area contributed by atoms with Crippen LogP contribution in [0.4, 0.5) is 0 Å². The van der Waals surface area contributed by atoms with E-state index < -0.39 is 23.5 Å². The van der Waals surface area contributed by atoms with Crippen molar-refractivity contribution in [3.63, 3.8) is 0 Å². The molecule has 1 aromatic carbocycles. The molecule has 0 saturated heterocycles. The second kappa shape index (κ2) is 8.23. The molecule has 0 fully saturated rings. The Balaban J connectivity index is 1.60. The SMILES string of the molecule is COc1cccc2cc(C(=O)C3=C([O-])C(=O)N(Cc4ccc[nH+]c4)C3c3ccncc3)oc12. The molecule has 0 aliphatic carbocycles. The summed E-state index contributed by atoms with van der Waals surface area (Å²) in [5.41, 5.74) is 1.66. The molecule has 0 saturated carbocycles. The second-order valence-corrected chi connectivity index (χ2v) is 7.59. The minimum Gasteiger partial charge on any atom is -0.868 e. The highest BCUT2D eigenvalue weighted by molar-refractivity contribution is 6.15. The molecule has 1 N–H and O–H groups in total. The Morgan fingerprint density at radius 3 is 2.76 bits per heavy atom. The summed E-state index contributed by atoms with van der Waals surface area (Å²) < 4.78 is 11.1. The Labute approximate surface area is 188 Å². The van der Waals surface area contributed by atoms with Gasteiger partial charge in [0.25, 0.3) is 0 Å². The second-order valence-electron chi connectivity index (χ2n) is 7.59. The van der Waals surface area contributed by atoms with Crippen LogP contribution in [0.2, 0.25) is 0 Å². The van der Waals surface area contributed by atoms with Crippen molar-refractivity contribution in [1.82, 2.24) is 9.88 Å². The molecule has 4 heterocycles. The number of fused-ring (bicyclic) bond motifs is 1. The number of hydrogen-bond donors (Lipinski definition) is 0. The van der Waals surface area contributed by atoms with Crippen molar-refractivity contribution in [1.29, 1.82) is 0 Å². The van der Waals surface area contributed by atoms with E-state index >= 15 is 0 Å². The number of pyridine rings is 2. The first-order chi connectivity index (χ1) is 16.1. The molecule has 0 bridgehead atoms. The highest BCUT2D eigenvalue weighted by Gasteiger charge is 2.40. The maximum absolute atomic E-state index is 13.6. The smallest absolute Gasteiger partial charge is 0.240 e. The highest BCUT2D eigenvalue weighted by atomic mass is 16.5. The molecule has 1 amide bonds. The number of hydrogen-bond acceptors (Lipinski definition) is 6. The van der Waals surface area contributed by atoms with Gasteiger partial charge in [-0.2, -0.15) is 0 Å². The van der Waals surface area contributed by atoms with E-state index in [1.807, 2.05) is 6.07 Å². The standard InChI is InChI=1S/C25H19N3O5/c1-32-18-6-2-5-17-12-19(33-24(17)18)22(29)20-21(16-7-10-26-11-8-16)28(25(31)23(20)30)14-15-4-3-9-27-13-15/h2-13,21,30H,14H2,1H3. The number of benzene rings is 1. The van der Waals surface area contributed by atoms with Gasteiger partial charge in [0, 0.05) is 35.0 Å². The molecule has 8 nitrogen and oxygen atoms in total. The Hall–Kier alpha value is -4.46. The number of ether oxygens (including phenoxy) is 1.